The molecule has 1 N–H and O–H groups in total. The Balaban J connectivity index is 1.18. The molecule has 3 aliphatic rings. The summed E-state index contributed by atoms with van der Waals surface area (Å²) in [5.41, 5.74) is 11.3. The van der Waals surface area contributed by atoms with Crippen LogP contribution in [0.15, 0.2) is 121 Å². The average Bonchev–Trinajstić information content (AvgIpc) is 1.52. The van der Waals surface area contributed by atoms with Gasteiger partial charge in [-0.3, -0.25) is 0 Å². The minimum Gasteiger partial charge on any atom is -0.492 e. The summed E-state index contributed by atoms with van der Waals surface area (Å²) in [5.74, 6) is 7.48. The quantitative estimate of drug-likeness (QED) is 0.0278. The molecule has 148 heavy (non-hydrogen) atoms. The van der Waals surface area contributed by atoms with E-state index in [2.05, 4.69) is 307 Å². The number of para-hydroxylation sites is 4. The molecule has 0 saturated carbocycles. The molecule has 0 aliphatic carbocycles. The van der Waals surface area contributed by atoms with Crippen molar-refractivity contribution >= 4 is 176 Å². The summed E-state index contributed by atoms with van der Waals surface area (Å²) in [6, 6.07) is 35.3. The molecule has 0 unspecified atom stereocenters. The summed E-state index contributed by atoms with van der Waals surface area (Å²) >= 11 is 6.86. The number of anilines is 4. The molecule has 8 aromatic carbocycles. The number of likely N-dealkylation sites (N-methyl/N-ethyl adjacent to an activating group) is 4. The third kappa shape index (κ3) is 21.6. The molecule has 29 heteroatoms. The van der Waals surface area contributed by atoms with Crippen LogP contribution in [-0.4, -0.2) is 208 Å². The first-order valence-corrected chi connectivity index (χ1v) is 58.7. The number of hydrogen-bond donors (Lipinski definition) is 1. The minimum atomic E-state index is 0.0463. The van der Waals surface area contributed by atoms with E-state index in [0.717, 1.165) is 207 Å². The number of benzene rings is 8. The van der Waals surface area contributed by atoms with Crippen molar-refractivity contribution in [2.45, 2.75) is 244 Å². The van der Waals surface area contributed by atoms with Crippen LogP contribution in [-0.2, 0) is 13.1 Å². The van der Waals surface area contributed by atoms with Crippen LogP contribution in [0.25, 0.3) is 130 Å². The fourth-order valence-electron chi connectivity index (χ4n) is 20.4. The van der Waals surface area contributed by atoms with Gasteiger partial charge in [0.25, 0.3) is 16.9 Å². The first kappa shape index (κ1) is 107. The Bertz CT molecular complexity index is 7410. The molecule has 6 bridgehead atoms. The van der Waals surface area contributed by atoms with Gasteiger partial charge in [0.2, 0.25) is 11.3 Å². The van der Waals surface area contributed by atoms with Gasteiger partial charge in [-0.2, -0.15) is 9.61 Å². The fraction of sp³-hybridized carbons (Fsp3) is 0.529. The highest BCUT2D eigenvalue weighted by molar-refractivity contribution is 8.00. The van der Waals surface area contributed by atoms with Gasteiger partial charge >= 0.3 is 0 Å². The van der Waals surface area contributed by atoms with Crippen molar-refractivity contribution in [2.75, 3.05) is 154 Å². The van der Waals surface area contributed by atoms with Crippen LogP contribution in [0.1, 0.15) is 211 Å². The lowest BCUT2D eigenvalue weighted by atomic mass is 10.0. The molecular formula is C119H159N16O9S4+. The highest BCUT2D eigenvalue weighted by Crippen LogP contribution is 2.65. The molecule has 0 atom stereocenters. The lowest BCUT2D eigenvalue weighted by molar-refractivity contribution is -0.717. The zero-order valence-electron chi connectivity index (χ0n) is 92.3. The van der Waals surface area contributed by atoms with Gasteiger partial charge < -0.3 is 81.4 Å². The van der Waals surface area contributed by atoms with Crippen LogP contribution >= 0.6 is 46.2 Å². The third-order valence-electron chi connectivity index (χ3n) is 29.3. The van der Waals surface area contributed by atoms with Gasteiger partial charge in [0, 0.05) is 62.1 Å². The summed E-state index contributed by atoms with van der Waals surface area (Å²) in [4.78, 5) is 55.5. The van der Waals surface area contributed by atoms with Gasteiger partial charge in [-0.05, 0) is 202 Å². The third-order valence-corrected chi connectivity index (χ3v) is 33.9. The average molecular weight is 2090 g/mol. The van der Waals surface area contributed by atoms with E-state index in [4.69, 9.17) is 67.4 Å². The normalized spacial score (nSPS) is 13.1. The second kappa shape index (κ2) is 47.6. The zero-order chi connectivity index (χ0) is 104. The number of aromatic amines is 1. The van der Waals surface area contributed by atoms with Crippen molar-refractivity contribution in [1.82, 2.24) is 63.2 Å². The topological polar surface area (TPSA) is 205 Å². The van der Waals surface area contributed by atoms with Crippen molar-refractivity contribution in [2.24, 2.45) is 47.3 Å². The minimum absolute atomic E-state index is 0.0463. The van der Waals surface area contributed by atoms with Gasteiger partial charge in [0.1, 0.15) is 55.7 Å². The summed E-state index contributed by atoms with van der Waals surface area (Å²) < 4.78 is 85.1. The lowest BCUT2D eigenvalue weighted by Crippen LogP contribution is -2.34. The number of ether oxygens (including phenoxy) is 8. The van der Waals surface area contributed by atoms with E-state index >= 15 is 0 Å². The van der Waals surface area contributed by atoms with E-state index < -0.39 is 0 Å². The van der Waals surface area contributed by atoms with Crippen LogP contribution in [0.3, 0.4) is 0 Å². The standard InChI is InChI=1S/C119H158N16O9S4/c1-25-126(26-2)56-60-130-80-41-33-37-45-84(80)145-108-96(130)100(136-64-49-72(9)10)88-91(105(108)140-68-53-76(17)18)115-121-112(88)120-113-90-89(101(143-71-79(23)24)97-109(104(90)139-67-52-75(15)16)146-85-46-38-34-42-81(85)131(97)61-57-127(27-3)28-4)114(122-113)123-117-94-93(103(138-66-51-74(13)14)99-110(106(94)141-69-54-77(19)20)147-86-47-39-36-44-83(86)133(99)63-59-129(31-7)32-8)118-125-119-95-92(116(124-115)134(119)144-135(117)118)102(137-65-50-73(11)12)98-111(107(95)142-70-55-78(21)22)148-87-48-40-35-43-82(87)132(98)62-58-128(29-5)30-6/h33-48,72-79H,25-32,49-71H2,1-24H3/p+1. The molecule has 0 fully saturated rings. The number of H-pyrrole nitrogens is 1. The summed E-state index contributed by atoms with van der Waals surface area (Å²) in [7, 11) is 0. The Morgan fingerprint density at radius 2 is 0.689 bits per heavy atom. The molecule has 3 aliphatic heterocycles. The van der Waals surface area contributed by atoms with E-state index in [1.165, 1.54) is 0 Å². The monoisotopic (exact) mass is 2080 g/mol. The van der Waals surface area contributed by atoms with Crippen molar-refractivity contribution in [3.8, 4) is 68.8 Å². The van der Waals surface area contributed by atoms with Crippen molar-refractivity contribution in [1.29, 1.82) is 0 Å². The summed E-state index contributed by atoms with van der Waals surface area (Å²) in [6.45, 7) is 69.5. The highest BCUT2D eigenvalue weighted by atomic mass is 32.2. The highest BCUT2D eigenvalue weighted by Gasteiger charge is 2.45. The molecule has 792 valence electrons. The first-order valence-electron chi connectivity index (χ1n) is 55.4. The van der Waals surface area contributed by atoms with E-state index in [9.17, 15) is 0 Å². The van der Waals surface area contributed by atoms with Crippen LogP contribution in [0.5, 0.6) is 46.0 Å². The lowest BCUT2D eigenvalue weighted by Gasteiger charge is -2.37. The van der Waals surface area contributed by atoms with Crippen LogP contribution in [0.2, 0.25) is 0 Å². The first-order chi connectivity index (χ1) is 71.7. The summed E-state index contributed by atoms with van der Waals surface area (Å²) in [5, 5.41) is 3.85. The fourth-order valence-corrected chi connectivity index (χ4v) is 25.2. The van der Waals surface area contributed by atoms with E-state index in [0.29, 0.717) is 214 Å². The smallest absolute Gasteiger partial charge is 0.287 e. The van der Waals surface area contributed by atoms with Crippen LogP contribution in [0.4, 0.5) is 22.7 Å². The van der Waals surface area contributed by atoms with E-state index in [1.807, 2.05) is 9.15 Å². The molecule has 0 spiro atoms. The molecular weight excluding hydrogens is 1930 g/mol. The number of fused-ring (bicyclic) bond motifs is 24. The molecule has 15 aromatic rings. The largest absolute Gasteiger partial charge is 0.492 e. The molecule has 7 aromatic heterocycles. The Morgan fingerprint density at radius 1 is 0.338 bits per heavy atom. The maximum atomic E-state index is 8.61. The Hall–Kier alpha value is -10.5. The molecule has 0 amide bonds. The van der Waals surface area contributed by atoms with Crippen molar-refractivity contribution < 1.29 is 47.1 Å². The van der Waals surface area contributed by atoms with E-state index in [1.54, 1.807) is 46.2 Å². The zero-order valence-corrected chi connectivity index (χ0v) is 95.6. The predicted octanol–water partition coefficient (Wildman–Crippen LogP) is 29.2. The Labute approximate surface area is 891 Å². The molecule has 0 radical (unpaired) electrons. The molecule has 10 heterocycles. The second-order valence-corrected chi connectivity index (χ2v) is 47.5. The molecule has 0 saturated heterocycles. The van der Waals surface area contributed by atoms with Gasteiger partial charge in [-0.1, -0.05) is 243 Å². The van der Waals surface area contributed by atoms with E-state index in [-0.39, 0.29) is 47.3 Å². The predicted molar refractivity (Wildman–Crippen MR) is 616 cm³/mol. The Kier molecular flexibility index (Phi) is 34.5. The Morgan fingerprint density at radius 3 is 1.16 bits per heavy atom. The summed E-state index contributed by atoms with van der Waals surface area (Å²) in [6.07, 6.45) is 5.19. The molecule has 18 rings (SSSR count). The van der Waals surface area contributed by atoms with Gasteiger partial charge in [-0.25, -0.2) is 9.97 Å². The van der Waals surface area contributed by atoms with Gasteiger partial charge in [0.05, 0.1) is 131 Å². The number of aromatic nitrogens is 10. The number of rotatable bonds is 51. The van der Waals surface area contributed by atoms with Crippen molar-refractivity contribution in [3.05, 3.63) is 97.1 Å². The number of hydrogen-bond acceptors (Lipinski definition) is 24. The van der Waals surface area contributed by atoms with Crippen LogP contribution < -0.4 is 52.3 Å². The van der Waals surface area contributed by atoms with Crippen molar-refractivity contribution in [3.63, 3.8) is 0 Å². The second-order valence-electron chi connectivity index (χ2n) is 43.3. The number of nitrogens with one attached hydrogen (secondary N) is 1. The number of nitrogens with zero attached hydrogens (tertiary/aromatic N) is 15. The maximum Gasteiger partial charge on any atom is 0.287 e. The van der Waals surface area contributed by atoms with Crippen LogP contribution in [0, 0.1) is 47.3 Å². The van der Waals surface area contributed by atoms with Gasteiger partial charge in [-0.15, -0.1) is 27.7 Å². The maximum absolute atomic E-state index is 8.61. The van der Waals surface area contributed by atoms with Gasteiger partial charge in [0.15, 0.2) is 46.1 Å². The molecule has 25 nitrogen and oxygen atoms in total. The SMILES string of the molecule is CCN(CC)CCN1c2ccccc2Sc2c(OCCC(C)C)c3c(c(OCC(C)C)c21)-c1nc-3nc2[nH]c(nc3c4c(OCCC(C)C)c5c(sc6ccccc6n5CCN(CC)CC)c(OCCC(C)C)c4c4nc5c6c(OCCC(C)C)c7c(sc8ccccc8n7CCN(CC)CC)c(OCCC(C)C)c6c(n1)n5o[n+]43)c1c(OCCC(C)C)c3c(c(OCCC(C)C)c21)N(CCN(CC)CC)c1ccccc1S3.